The summed E-state index contributed by atoms with van der Waals surface area (Å²) >= 11 is 6.59. The molecule has 0 aliphatic rings. The van der Waals surface area contributed by atoms with Crippen LogP contribution in [0.25, 0.3) is 49.7 Å². The first kappa shape index (κ1) is 19.7. The Morgan fingerprint density at radius 1 is 0.545 bits per heavy atom. The lowest BCUT2D eigenvalue weighted by Gasteiger charge is -2.12. The van der Waals surface area contributed by atoms with Crippen LogP contribution >= 0.6 is 11.6 Å². The second kappa shape index (κ2) is 7.84. The number of aromatic nitrogens is 1. The molecule has 33 heavy (non-hydrogen) atoms. The second-order valence-corrected chi connectivity index (χ2v) is 8.61. The van der Waals surface area contributed by atoms with Gasteiger partial charge in [-0.1, -0.05) is 84.4 Å². The molecule has 0 bridgehead atoms. The average Bonchev–Trinajstić information content (AvgIpc) is 3.20. The average molecular weight is 445 g/mol. The predicted octanol–water partition coefficient (Wildman–Crippen LogP) is 8.35. The smallest absolute Gasteiger partial charge is 0.0648 e. The van der Waals surface area contributed by atoms with Gasteiger partial charge in [-0.3, -0.25) is 0 Å². The lowest BCUT2D eigenvalue weighted by molar-refractivity contribution is 1.18. The molecule has 1 aromatic heterocycles. The first-order valence-corrected chi connectivity index (χ1v) is 11.3. The van der Waals surface area contributed by atoms with Crippen molar-refractivity contribution >= 4 is 39.1 Å². The van der Waals surface area contributed by atoms with E-state index in [-0.39, 0.29) is 0 Å². The van der Waals surface area contributed by atoms with E-state index in [4.69, 9.17) is 17.3 Å². The fourth-order valence-corrected chi connectivity index (χ4v) is 4.87. The van der Waals surface area contributed by atoms with Gasteiger partial charge in [0.1, 0.15) is 0 Å². The minimum absolute atomic E-state index is 0.568. The zero-order valence-corrected chi connectivity index (χ0v) is 18.6. The number of hydrogen-bond donors (Lipinski definition) is 1. The summed E-state index contributed by atoms with van der Waals surface area (Å²) in [6, 6.07) is 39.9. The van der Waals surface area contributed by atoms with E-state index in [0.717, 1.165) is 27.9 Å². The van der Waals surface area contributed by atoms with Crippen LogP contribution < -0.4 is 5.73 Å². The minimum atomic E-state index is 0.568. The number of anilines is 1. The first-order chi connectivity index (χ1) is 16.2. The Morgan fingerprint density at radius 3 is 2.00 bits per heavy atom. The molecule has 0 spiro atoms. The monoisotopic (exact) mass is 444 g/mol. The van der Waals surface area contributed by atoms with Crippen LogP contribution in [0.4, 0.5) is 5.69 Å². The Morgan fingerprint density at radius 2 is 1.21 bits per heavy atom. The quantitative estimate of drug-likeness (QED) is 0.273. The SMILES string of the molecule is Nc1c(Cl)cc(-c2ccc3c(c2)c2ccccc2n3-c2ccccc2)cc1-c1ccccc1. The number of nitrogens with zero attached hydrogens (tertiary/aromatic N) is 1. The second-order valence-electron chi connectivity index (χ2n) is 8.21. The summed E-state index contributed by atoms with van der Waals surface area (Å²) in [4.78, 5) is 0. The van der Waals surface area contributed by atoms with Crippen LogP contribution in [0.3, 0.4) is 0 Å². The maximum absolute atomic E-state index is 6.59. The summed E-state index contributed by atoms with van der Waals surface area (Å²) in [5.74, 6) is 0. The largest absolute Gasteiger partial charge is 0.397 e. The van der Waals surface area contributed by atoms with Gasteiger partial charge >= 0.3 is 0 Å². The van der Waals surface area contributed by atoms with Crippen molar-refractivity contribution < 1.29 is 0 Å². The van der Waals surface area contributed by atoms with Crippen LogP contribution in [0.1, 0.15) is 0 Å². The van der Waals surface area contributed by atoms with Gasteiger partial charge in [-0.15, -0.1) is 0 Å². The molecular formula is C30H21ClN2. The van der Waals surface area contributed by atoms with Crippen LogP contribution in [0.5, 0.6) is 0 Å². The molecule has 2 nitrogen and oxygen atoms in total. The lowest BCUT2D eigenvalue weighted by Crippen LogP contribution is -1.94. The Hall–Kier alpha value is -4.01. The van der Waals surface area contributed by atoms with Gasteiger partial charge in [-0.25, -0.2) is 0 Å². The molecule has 6 rings (SSSR count). The molecule has 5 aromatic carbocycles. The molecule has 3 heteroatoms. The van der Waals surface area contributed by atoms with Crippen molar-refractivity contribution in [1.29, 1.82) is 0 Å². The normalized spacial score (nSPS) is 11.3. The van der Waals surface area contributed by atoms with Gasteiger partial charge in [0.25, 0.3) is 0 Å². The molecule has 0 unspecified atom stereocenters. The van der Waals surface area contributed by atoms with Crippen molar-refractivity contribution in [1.82, 2.24) is 4.57 Å². The third kappa shape index (κ3) is 3.27. The van der Waals surface area contributed by atoms with E-state index >= 15 is 0 Å². The van der Waals surface area contributed by atoms with Crippen molar-refractivity contribution in [2.24, 2.45) is 0 Å². The Kier molecular flexibility index (Phi) is 4.67. The van der Waals surface area contributed by atoms with Crippen LogP contribution in [-0.2, 0) is 0 Å². The van der Waals surface area contributed by atoms with Gasteiger partial charge in [0, 0.05) is 22.0 Å². The van der Waals surface area contributed by atoms with Crippen molar-refractivity contribution in [3.8, 4) is 27.9 Å². The molecule has 0 atom stereocenters. The number of benzene rings is 5. The molecule has 0 aliphatic heterocycles. The summed E-state index contributed by atoms with van der Waals surface area (Å²) in [6.45, 7) is 0. The zero-order valence-electron chi connectivity index (χ0n) is 17.9. The number of halogens is 1. The van der Waals surface area contributed by atoms with E-state index in [1.807, 2.05) is 30.3 Å². The van der Waals surface area contributed by atoms with E-state index < -0.39 is 0 Å². The Balaban J connectivity index is 1.59. The Bertz CT molecular complexity index is 1620. The zero-order chi connectivity index (χ0) is 22.4. The third-order valence-corrected chi connectivity index (χ3v) is 6.55. The van der Waals surface area contributed by atoms with E-state index in [9.17, 15) is 0 Å². The maximum atomic E-state index is 6.59. The van der Waals surface area contributed by atoms with Gasteiger partial charge < -0.3 is 10.3 Å². The number of nitrogens with two attached hydrogens (primary N) is 1. The third-order valence-electron chi connectivity index (χ3n) is 6.23. The van der Waals surface area contributed by atoms with E-state index in [0.29, 0.717) is 10.7 Å². The summed E-state index contributed by atoms with van der Waals surface area (Å²) < 4.78 is 2.32. The molecule has 0 fully saturated rings. The van der Waals surface area contributed by atoms with Gasteiger partial charge in [0.15, 0.2) is 0 Å². The molecule has 0 radical (unpaired) electrons. The van der Waals surface area contributed by atoms with Gasteiger partial charge in [-0.05, 0) is 59.2 Å². The molecule has 1 heterocycles. The first-order valence-electron chi connectivity index (χ1n) is 10.9. The molecule has 2 N–H and O–H groups in total. The summed E-state index contributed by atoms with van der Waals surface area (Å²) in [5, 5.41) is 3.00. The van der Waals surface area contributed by atoms with Crippen LogP contribution in [0.15, 0.2) is 115 Å². The van der Waals surface area contributed by atoms with Gasteiger partial charge in [-0.2, -0.15) is 0 Å². The highest BCUT2D eigenvalue weighted by atomic mass is 35.5. The van der Waals surface area contributed by atoms with Crippen molar-refractivity contribution in [2.45, 2.75) is 0 Å². The molecular weight excluding hydrogens is 424 g/mol. The number of fused-ring (bicyclic) bond motifs is 3. The number of nitrogen functional groups attached to an aromatic ring is 1. The predicted molar refractivity (Wildman–Crippen MR) is 141 cm³/mol. The van der Waals surface area contributed by atoms with Crippen LogP contribution in [0.2, 0.25) is 5.02 Å². The topological polar surface area (TPSA) is 30.9 Å². The minimum Gasteiger partial charge on any atom is -0.397 e. The standard InChI is InChI=1S/C30H21ClN2/c31-27-19-22(18-25(30(27)32)20-9-3-1-4-10-20)21-15-16-29-26(17-21)24-13-7-8-14-28(24)33(29)23-11-5-2-6-12-23/h1-19H,32H2. The van der Waals surface area contributed by atoms with Gasteiger partial charge in [0.05, 0.1) is 21.7 Å². The highest BCUT2D eigenvalue weighted by Gasteiger charge is 2.14. The molecule has 6 aromatic rings. The van der Waals surface area contributed by atoms with Gasteiger partial charge in [0.2, 0.25) is 0 Å². The molecule has 0 aliphatic carbocycles. The molecule has 0 saturated carbocycles. The molecule has 0 amide bonds. The van der Waals surface area contributed by atoms with Crippen molar-refractivity contribution in [3.05, 3.63) is 120 Å². The molecule has 158 valence electrons. The highest BCUT2D eigenvalue weighted by molar-refractivity contribution is 6.34. The van der Waals surface area contributed by atoms with Crippen molar-refractivity contribution in [3.63, 3.8) is 0 Å². The number of rotatable bonds is 3. The Labute approximate surface area is 197 Å². The van der Waals surface area contributed by atoms with E-state index in [1.165, 1.54) is 21.8 Å². The summed E-state index contributed by atoms with van der Waals surface area (Å²) in [6.07, 6.45) is 0. The van der Waals surface area contributed by atoms with E-state index in [1.54, 1.807) is 0 Å². The van der Waals surface area contributed by atoms with Crippen LogP contribution in [-0.4, -0.2) is 4.57 Å². The number of hydrogen-bond acceptors (Lipinski definition) is 1. The molecule has 0 saturated heterocycles. The van der Waals surface area contributed by atoms with E-state index in [2.05, 4.69) is 89.5 Å². The summed E-state index contributed by atoms with van der Waals surface area (Å²) in [5.41, 5.74) is 14.6. The highest BCUT2D eigenvalue weighted by Crippen LogP contribution is 2.39. The van der Waals surface area contributed by atoms with Crippen LogP contribution in [0, 0.1) is 0 Å². The number of para-hydroxylation sites is 2. The summed E-state index contributed by atoms with van der Waals surface area (Å²) in [7, 11) is 0. The fourth-order valence-electron chi connectivity index (χ4n) is 4.65. The fraction of sp³-hybridized carbons (Fsp3) is 0. The lowest BCUT2D eigenvalue weighted by atomic mass is 9.96. The van der Waals surface area contributed by atoms with Crippen molar-refractivity contribution in [2.75, 3.05) is 5.73 Å². The maximum Gasteiger partial charge on any atom is 0.0648 e.